The number of phenolic OH excluding ortho intramolecular Hbond substituents is 1. The van der Waals surface area contributed by atoms with Crippen molar-refractivity contribution in [1.29, 1.82) is 0 Å². The van der Waals surface area contributed by atoms with Crippen molar-refractivity contribution < 1.29 is 14.8 Å². The van der Waals surface area contributed by atoms with Crippen molar-refractivity contribution in [2.75, 3.05) is 33.3 Å². The monoisotopic (exact) mass is 309 g/mol. The van der Waals surface area contributed by atoms with Crippen LogP contribution in [0.1, 0.15) is 31.4 Å². The Morgan fingerprint density at radius 2 is 2.14 bits per heavy atom. The lowest BCUT2D eigenvalue weighted by molar-refractivity contribution is -0.385. The van der Waals surface area contributed by atoms with Crippen LogP contribution in [-0.4, -0.2) is 48.2 Å². The van der Waals surface area contributed by atoms with Gasteiger partial charge >= 0.3 is 0 Å². The number of piperazine rings is 1. The number of ether oxygens (including phenoxy) is 1. The van der Waals surface area contributed by atoms with E-state index in [1.807, 2.05) is 0 Å². The Morgan fingerprint density at radius 3 is 2.68 bits per heavy atom. The zero-order valence-corrected chi connectivity index (χ0v) is 13.0. The number of nitro groups is 1. The molecule has 0 aromatic heterocycles. The fraction of sp³-hybridized carbons (Fsp3) is 0.600. The van der Waals surface area contributed by atoms with Gasteiger partial charge in [-0.15, -0.1) is 0 Å². The summed E-state index contributed by atoms with van der Waals surface area (Å²) in [7, 11) is 1.40. The van der Waals surface area contributed by atoms with E-state index in [0.717, 1.165) is 39.0 Å². The number of non-ortho nitro benzene ring substituents is 1. The van der Waals surface area contributed by atoms with Gasteiger partial charge in [0.15, 0.2) is 11.5 Å². The molecule has 2 N–H and O–H groups in total. The number of rotatable bonds is 6. The SMILES string of the molecule is CCC[C@@H](c1cc([N+](=O)[O-])cc(OC)c1O)N1CCNCC1. The standard InChI is InChI=1S/C15H23N3O4/c1-3-4-13(17-7-5-16-6-8-17)12-9-11(18(20)21)10-14(22-2)15(12)19/h9-10,13,16,19H,3-8H2,1-2H3/t13-/m0/s1. The molecule has 1 aliphatic heterocycles. The first-order valence-electron chi connectivity index (χ1n) is 7.58. The molecular weight excluding hydrogens is 286 g/mol. The largest absolute Gasteiger partial charge is 0.504 e. The molecule has 0 bridgehead atoms. The second-order valence-electron chi connectivity index (χ2n) is 5.43. The maximum atomic E-state index is 11.1. The summed E-state index contributed by atoms with van der Waals surface area (Å²) in [5, 5.41) is 24.9. The molecule has 22 heavy (non-hydrogen) atoms. The number of hydrogen-bond donors (Lipinski definition) is 2. The summed E-state index contributed by atoms with van der Waals surface area (Å²) in [5.74, 6) is 0.158. The van der Waals surface area contributed by atoms with Crippen molar-refractivity contribution in [1.82, 2.24) is 10.2 Å². The molecule has 1 atom stereocenters. The Hall–Kier alpha value is -1.86. The van der Waals surface area contributed by atoms with Gasteiger partial charge in [-0.05, 0) is 6.42 Å². The highest BCUT2D eigenvalue weighted by Crippen LogP contribution is 2.41. The maximum absolute atomic E-state index is 11.1. The van der Waals surface area contributed by atoms with Gasteiger partial charge < -0.3 is 15.2 Å². The van der Waals surface area contributed by atoms with Crippen LogP contribution in [0.4, 0.5) is 5.69 Å². The first-order chi connectivity index (χ1) is 10.6. The van der Waals surface area contributed by atoms with Crippen LogP contribution in [-0.2, 0) is 0 Å². The van der Waals surface area contributed by atoms with Crippen molar-refractivity contribution in [2.24, 2.45) is 0 Å². The lowest BCUT2D eigenvalue weighted by atomic mass is 9.97. The Kier molecular flexibility index (Phi) is 5.57. The molecule has 0 saturated carbocycles. The minimum absolute atomic E-state index is 0.00471. The van der Waals surface area contributed by atoms with Gasteiger partial charge in [-0.1, -0.05) is 13.3 Å². The Balaban J connectivity index is 2.44. The lowest BCUT2D eigenvalue weighted by Crippen LogP contribution is -2.45. The van der Waals surface area contributed by atoms with E-state index < -0.39 is 4.92 Å². The highest BCUT2D eigenvalue weighted by Gasteiger charge is 2.27. The molecule has 1 heterocycles. The van der Waals surface area contributed by atoms with Crippen LogP contribution in [0.5, 0.6) is 11.5 Å². The van der Waals surface area contributed by atoms with Gasteiger partial charge in [0.1, 0.15) is 0 Å². The zero-order chi connectivity index (χ0) is 16.1. The summed E-state index contributed by atoms with van der Waals surface area (Å²) in [6.45, 7) is 5.55. The number of phenols is 1. The Bertz CT molecular complexity index is 530. The Labute approximate surface area is 130 Å². The number of nitro benzene ring substituents is 1. The predicted octanol–water partition coefficient (Wildman–Crippen LogP) is 2.06. The Morgan fingerprint density at radius 1 is 1.45 bits per heavy atom. The number of aromatic hydroxyl groups is 1. The van der Waals surface area contributed by atoms with E-state index in [0.29, 0.717) is 5.56 Å². The van der Waals surface area contributed by atoms with Gasteiger partial charge in [0, 0.05) is 43.9 Å². The van der Waals surface area contributed by atoms with Crippen LogP contribution in [0.3, 0.4) is 0 Å². The lowest BCUT2D eigenvalue weighted by Gasteiger charge is -2.35. The molecule has 2 rings (SSSR count). The van der Waals surface area contributed by atoms with Crippen LogP contribution < -0.4 is 10.1 Å². The highest BCUT2D eigenvalue weighted by molar-refractivity contribution is 5.54. The quantitative estimate of drug-likeness (QED) is 0.618. The van der Waals surface area contributed by atoms with E-state index in [2.05, 4.69) is 17.1 Å². The molecule has 0 aliphatic carbocycles. The number of nitrogens with zero attached hydrogens (tertiary/aromatic N) is 2. The van der Waals surface area contributed by atoms with Crippen molar-refractivity contribution in [3.63, 3.8) is 0 Å². The number of benzene rings is 1. The van der Waals surface area contributed by atoms with Crippen molar-refractivity contribution in [3.05, 3.63) is 27.8 Å². The van der Waals surface area contributed by atoms with Crippen LogP contribution in [0.25, 0.3) is 0 Å². The average molecular weight is 309 g/mol. The van der Waals surface area contributed by atoms with E-state index >= 15 is 0 Å². The average Bonchev–Trinajstić information content (AvgIpc) is 2.54. The van der Waals surface area contributed by atoms with E-state index in [4.69, 9.17) is 4.74 Å². The summed E-state index contributed by atoms with van der Waals surface area (Å²) in [6.07, 6.45) is 1.76. The number of methoxy groups -OCH3 is 1. The minimum atomic E-state index is -0.452. The normalized spacial score (nSPS) is 17.2. The first-order valence-corrected chi connectivity index (χ1v) is 7.58. The molecule has 1 fully saturated rings. The summed E-state index contributed by atoms with van der Waals surface area (Å²) in [5.41, 5.74) is 0.524. The van der Waals surface area contributed by atoms with Gasteiger partial charge in [-0.25, -0.2) is 0 Å². The van der Waals surface area contributed by atoms with Gasteiger partial charge in [0.25, 0.3) is 5.69 Å². The smallest absolute Gasteiger partial charge is 0.273 e. The molecule has 7 heteroatoms. The summed E-state index contributed by atoms with van der Waals surface area (Å²) in [6, 6.07) is 2.70. The maximum Gasteiger partial charge on any atom is 0.273 e. The van der Waals surface area contributed by atoms with Gasteiger partial charge in [0.05, 0.1) is 18.1 Å². The third kappa shape index (κ3) is 3.48. The summed E-state index contributed by atoms with van der Waals surface area (Å²) < 4.78 is 5.11. The fourth-order valence-electron chi connectivity index (χ4n) is 2.93. The second-order valence-corrected chi connectivity index (χ2v) is 5.43. The first kappa shape index (κ1) is 16.5. The summed E-state index contributed by atoms with van der Waals surface area (Å²) in [4.78, 5) is 12.9. The van der Waals surface area contributed by atoms with E-state index in [1.165, 1.54) is 19.2 Å². The van der Waals surface area contributed by atoms with Crippen molar-refractivity contribution >= 4 is 5.69 Å². The van der Waals surface area contributed by atoms with Gasteiger partial charge in [-0.2, -0.15) is 0 Å². The molecule has 0 unspecified atom stereocenters. The van der Waals surface area contributed by atoms with Gasteiger partial charge in [0.2, 0.25) is 0 Å². The molecule has 1 aromatic carbocycles. The molecule has 0 amide bonds. The molecule has 0 spiro atoms. The predicted molar refractivity (Wildman–Crippen MR) is 83.4 cm³/mol. The number of nitrogens with one attached hydrogen (secondary N) is 1. The molecule has 1 saturated heterocycles. The van der Waals surface area contributed by atoms with Crippen LogP contribution in [0.15, 0.2) is 12.1 Å². The molecular formula is C15H23N3O4. The van der Waals surface area contributed by atoms with Crippen LogP contribution in [0, 0.1) is 10.1 Å². The minimum Gasteiger partial charge on any atom is -0.504 e. The zero-order valence-electron chi connectivity index (χ0n) is 13.0. The topological polar surface area (TPSA) is 87.9 Å². The molecule has 7 nitrogen and oxygen atoms in total. The van der Waals surface area contributed by atoms with Crippen LogP contribution >= 0.6 is 0 Å². The highest BCUT2D eigenvalue weighted by atomic mass is 16.6. The van der Waals surface area contributed by atoms with Gasteiger partial charge in [-0.3, -0.25) is 15.0 Å². The molecule has 122 valence electrons. The molecule has 1 aromatic rings. The molecule has 0 radical (unpaired) electrons. The van der Waals surface area contributed by atoms with Crippen molar-refractivity contribution in [2.45, 2.75) is 25.8 Å². The third-order valence-electron chi connectivity index (χ3n) is 4.03. The van der Waals surface area contributed by atoms with E-state index in [9.17, 15) is 15.2 Å². The third-order valence-corrected chi connectivity index (χ3v) is 4.03. The molecule has 1 aliphatic rings. The van der Waals surface area contributed by atoms with Crippen molar-refractivity contribution in [3.8, 4) is 11.5 Å². The number of hydrogen-bond acceptors (Lipinski definition) is 6. The van der Waals surface area contributed by atoms with E-state index in [1.54, 1.807) is 0 Å². The second kappa shape index (κ2) is 7.42. The van der Waals surface area contributed by atoms with E-state index in [-0.39, 0.29) is 23.2 Å². The summed E-state index contributed by atoms with van der Waals surface area (Å²) >= 11 is 0. The fourth-order valence-corrected chi connectivity index (χ4v) is 2.93. The van der Waals surface area contributed by atoms with Crippen LogP contribution in [0.2, 0.25) is 0 Å².